The zero-order valence-corrected chi connectivity index (χ0v) is 8.43. The lowest BCUT2D eigenvalue weighted by Gasteiger charge is -2.02. The molecule has 3 amide bonds. The van der Waals surface area contributed by atoms with Gasteiger partial charge < -0.3 is 5.73 Å². The van der Waals surface area contributed by atoms with E-state index in [2.05, 4.69) is 22.9 Å². The molecule has 0 fully saturated rings. The van der Waals surface area contributed by atoms with Crippen LogP contribution in [0, 0.1) is 0 Å². The summed E-state index contributed by atoms with van der Waals surface area (Å²) in [5.74, 6) is -0.429. The molecule has 0 unspecified atom stereocenters. The van der Waals surface area contributed by atoms with Crippen molar-refractivity contribution in [3.63, 3.8) is 0 Å². The van der Waals surface area contributed by atoms with Gasteiger partial charge in [0.05, 0.1) is 0 Å². The lowest BCUT2D eigenvalue weighted by Crippen LogP contribution is -2.43. The Labute approximate surface area is 87.0 Å². The second-order valence-electron chi connectivity index (χ2n) is 2.19. The van der Waals surface area contributed by atoms with E-state index in [0.29, 0.717) is 0 Å². The Kier molecular flexibility index (Phi) is 5.97. The van der Waals surface area contributed by atoms with Gasteiger partial charge >= 0.3 is 6.03 Å². The fourth-order valence-corrected chi connectivity index (χ4v) is 0.752. The van der Waals surface area contributed by atoms with Gasteiger partial charge in [0, 0.05) is 6.08 Å². The van der Waals surface area contributed by atoms with Crippen molar-refractivity contribution in [1.29, 1.82) is 0 Å². The maximum atomic E-state index is 11.0. The smallest absolute Gasteiger partial charge is 0.318 e. The zero-order chi connectivity index (χ0) is 11.0. The Balaban J connectivity index is 3.94. The van der Waals surface area contributed by atoms with E-state index < -0.39 is 11.9 Å². The van der Waals surface area contributed by atoms with E-state index in [0.717, 1.165) is 0 Å². The number of amides is 3. The van der Waals surface area contributed by atoms with Gasteiger partial charge in [-0.1, -0.05) is 18.2 Å². The molecule has 5 nitrogen and oxygen atoms in total. The Morgan fingerprint density at radius 2 is 1.93 bits per heavy atom. The van der Waals surface area contributed by atoms with Gasteiger partial charge in [-0.15, -0.1) is 0 Å². The molecule has 0 radical (unpaired) electrons. The highest BCUT2D eigenvalue weighted by Crippen LogP contribution is 1.77. The Morgan fingerprint density at radius 3 is 2.43 bits per heavy atom. The van der Waals surface area contributed by atoms with Crippen molar-refractivity contribution in [3.8, 4) is 0 Å². The summed E-state index contributed by atoms with van der Waals surface area (Å²) in [7, 11) is 0. The van der Waals surface area contributed by atoms with E-state index in [1.807, 2.05) is 6.92 Å². The maximum Gasteiger partial charge on any atom is 0.318 e. The van der Waals surface area contributed by atoms with Gasteiger partial charge in [-0.3, -0.25) is 15.4 Å². The Bertz CT molecular complexity index is 297. The lowest BCUT2D eigenvalue weighted by molar-refractivity contribution is -0.115. The molecule has 0 aliphatic rings. The second-order valence-corrected chi connectivity index (χ2v) is 2.60. The van der Waals surface area contributed by atoms with Crippen LogP contribution in [-0.4, -0.2) is 17.1 Å². The van der Waals surface area contributed by atoms with Crippen LogP contribution < -0.4 is 16.4 Å². The molecule has 0 aliphatic carbocycles. The number of hydrogen-bond donors (Lipinski definition) is 3. The lowest BCUT2D eigenvalue weighted by atomic mass is 10.4. The predicted molar refractivity (Wildman–Crippen MR) is 57.4 cm³/mol. The van der Waals surface area contributed by atoms with Crippen LogP contribution in [0.4, 0.5) is 4.79 Å². The molecule has 0 saturated heterocycles. The summed E-state index contributed by atoms with van der Waals surface area (Å²) in [6.07, 6.45) is 6.27. The van der Waals surface area contributed by atoms with Gasteiger partial charge in [0.15, 0.2) is 5.11 Å². The normalized spacial score (nSPS) is 10.4. The molecule has 0 bridgehead atoms. The van der Waals surface area contributed by atoms with Crippen LogP contribution in [0.5, 0.6) is 0 Å². The van der Waals surface area contributed by atoms with Gasteiger partial charge in [-0.25, -0.2) is 4.79 Å². The molecule has 14 heavy (non-hydrogen) atoms. The van der Waals surface area contributed by atoms with Crippen molar-refractivity contribution in [2.75, 3.05) is 0 Å². The summed E-state index contributed by atoms with van der Waals surface area (Å²) < 4.78 is 0. The van der Waals surface area contributed by atoms with E-state index in [4.69, 9.17) is 5.73 Å². The van der Waals surface area contributed by atoms with Crippen molar-refractivity contribution >= 4 is 29.3 Å². The quantitative estimate of drug-likeness (QED) is 0.348. The number of carbonyl (C=O) groups is 2. The predicted octanol–water partition coefficient (Wildman–Crippen LogP) is 0.188. The van der Waals surface area contributed by atoms with Crippen molar-refractivity contribution in [3.05, 3.63) is 24.3 Å². The van der Waals surface area contributed by atoms with Gasteiger partial charge in [0.25, 0.3) is 0 Å². The highest BCUT2D eigenvalue weighted by molar-refractivity contribution is 7.80. The highest BCUT2D eigenvalue weighted by Gasteiger charge is 2.01. The summed E-state index contributed by atoms with van der Waals surface area (Å²) in [5, 5.41) is 4.16. The number of carbonyl (C=O) groups excluding carboxylic acids is 2. The summed E-state index contributed by atoms with van der Waals surface area (Å²) in [6, 6.07) is -0.812. The number of thiocarbonyl (C=S) groups is 1. The van der Waals surface area contributed by atoms with Crippen LogP contribution in [0.25, 0.3) is 0 Å². The molecule has 0 heterocycles. The molecule has 76 valence electrons. The molecule has 0 spiro atoms. The molecule has 0 aromatic carbocycles. The van der Waals surface area contributed by atoms with E-state index in [-0.39, 0.29) is 5.11 Å². The van der Waals surface area contributed by atoms with E-state index in [9.17, 15) is 9.59 Å². The molecule has 0 atom stereocenters. The average molecular weight is 213 g/mol. The van der Waals surface area contributed by atoms with Crippen LogP contribution in [-0.2, 0) is 4.79 Å². The minimum atomic E-state index is -0.812. The second kappa shape index (κ2) is 6.79. The van der Waals surface area contributed by atoms with Crippen LogP contribution in [0.3, 0.4) is 0 Å². The average Bonchev–Trinajstić information content (AvgIpc) is 2.02. The van der Waals surface area contributed by atoms with Gasteiger partial charge in [-0.05, 0) is 19.1 Å². The first-order valence-electron chi connectivity index (χ1n) is 3.77. The molecular formula is C8H11N3O2S. The first kappa shape index (κ1) is 12.3. The van der Waals surface area contributed by atoms with Crippen molar-refractivity contribution in [1.82, 2.24) is 10.6 Å². The van der Waals surface area contributed by atoms with Crippen LogP contribution in [0.15, 0.2) is 24.3 Å². The largest absolute Gasteiger partial charge is 0.351 e. The highest BCUT2D eigenvalue weighted by atomic mass is 32.1. The first-order valence-corrected chi connectivity index (χ1v) is 4.18. The third kappa shape index (κ3) is 6.99. The monoisotopic (exact) mass is 213 g/mol. The number of nitrogens with two attached hydrogens (primary N) is 1. The number of primary amides is 1. The zero-order valence-electron chi connectivity index (χ0n) is 7.61. The molecule has 4 N–H and O–H groups in total. The molecular weight excluding hydrogens is 202 g/mol. The van der Waals surface area contributed by atoms with Crippen LogP contribution >= 0.6 is 12.2 Å². The molecule has 0 aromatic heterocycles. The summed E-state index contributed by atoms with van der Waals surface area (Å²) >= 11 is 4.59. The standard InChI is InChI=1S/C8H11N3O2S/c1-2-3-4-5-6(12)10-8(14)11-7(9)13/h2-5H,1H3,(H4,9,10,11,12,13,14)/b3-2+,5-4+. The van der Waals surface area contributed by atoms with Crippen LogP contribution in [0.1, 0.15) is 6.92 Å². The number of allylic oxidation sites excluding steroid dienone is 3. The molecule has 0 saturated carbocycles. The Hall–Kier alpha value is -1.69. The molecule has 0 aromatic rings. The summed E-state index contributed by atoms with van der Waals surface area (Å²) in [4.78, 5) is 21.3. The van der Waals surface area contributed by atoms with E-state index in [1.165, 1.54) is 6.08 Å². The topological polar surface area (TPSA) is 84.2 Å². The summed E-state index contributed by atoms with van der Waals surface area (Å²) in [5.41, 5.74) is 4.77. The number of urea groups is 1. The molecule has 6 heteroatoms. The Morgan fingerprint density at radius 1 is 1.29 bits per heavy atom. The minimum absolute atomic E-state index is 0.118. The van der Waals surface area contributed by atoms with Crippen molar-refractivity contribution in [2.45, 2.75) is 6.92 Å². The van der Waals surface area contributed by atoms with E-state index in [1.54, 1.807) is 18.2 Å². The third-order valence-corrected chi connectivity index (χ3v) is 1.23. The van der Waals surface area contributed by atoms with E-state index >= 15 is 0 Å². The van der Waals surface area contributed by atoms with Crippen molar-refractivity contribution < 1.29 is 9.59 Å². The number of rotatable bonds is 2. The fraction of sp³-hybridized carbons (Fsp3) is 0.125. The van der Waals surface area contributed by atoms with Crippen molar-refractivity contribution in [2.24, 2.45) is 5.73 Å². The number of hydrogen-bond acceptors (Lipinski definition) is 3. The number of nitrogens with one attached hydrogen (secondary N) is 2. The summed E-state index contributed by atoms with van der Waals surface area (Å²) in [6.45, 7) is 1.82. The van der Waals surface area contributed by atoms with Gasteiger partial charge in [0.2, 0.25) is 5.91 Å². The third-order valence-electron chi connectivity index (χ3n) is 1.02. The molecule has 0 rings (SSSR count). The SMILES string of the molecule is C/C=C/C=C/C(=O)NC(=S)NC(N)=O. The maximum absolute atomic E-state index is 11.0. The van der Waals surface area contributed by atoms with Gasteiger partial charge in [-0.2, -0.15) is 0 Å². The minimum Gasteiger partial charge on any atom is -0.351 e. The van der Waals surface area contributed by atoms with Gasteiger partial charge in [0.1, 0.15) is 0 Å². The fourth-order valence-electron chi connectivity index (χ4n) is 0.551. The first-order chi connectivity index (χ1) is 6.56. The molecule has 0 aliphatic heterocycles. The van der Waals surface area contributed by atoms with Crippen LogP contribution in [0.2, 0.25) is 0 Å².